The van der Waals surface area contributed by atoms with Crippen molar-refractivity contribution in [3.05, 3.63) is 76.1 Å². The predicted octanol–water partition coefficient (Wildman–Crippen LogP) is 2.58. The van der Waals surface area contributed by atoms with Crippen molar-refractivity contribution in [3.63, 3.8) is 0 Å². The largest absolute Gasteiger partial charge is 0.454 e. The van der Waals surface area contributed by atoms with E-state index in [2.05, 4.69) is 15.5 Å². The van der Waals surface area contributed by atoms with Crippen LogP contribution in [0.15, 0.2) is 42.5 Å². The number of hydrogen-bond donors (Lipinski definition) is 2. The van der Waals surface area contributed by atoms with Crippen LogP contribution in [-0.2, 0) is 19.5 Å². The number of fused-ring (bicyclic) bond motifs is 2. The maximum atomic E-state index is 12.9. The van der Waals surface area contributed by atoms with Crippen LogP contribution in [0.25, 0.3) is 0 Å². The molecule has 1 aromatic heterocycles. The topological polar surface area (TPSA) is 96.6 Å². The Labute approximate surface area is 179 Å². The fourth-order valence-electron chi connectivity index (χ4n) is 3.85. The molecule has 0 unspecified atom stereocenters. The van der Waals surface area contributed by atoms with Gasteiger partial charge in [-0.25, -0.2) is 0 Å². The molecule has 0 saturated carbocycles. The lowest BCUT2D eigenvalue weighted by atomic mass is 10.0. The zero-order valence-corrected chi connectivity index (χ0v) is 17.1. The van der Waals surface area contributed by atoms with Gasteiger partial charge in [0.15, 0.2) is 17.2 Å². The number of amides is 2. The van der Waals surface area contributed by atoms with E-state index in [0.29, 0.717) is 48.8 Å². The molecule has 0 radical (unpaired) electrons. The number of carbonyl (C=O) groups is 2. The van der Waals surface area contributed by atoms with Crippen LogP contribution in [0.3, 0.4) is 0 Å². The van der Waals surface area contributed by atoms with E-state index in [9.17, 15) is 9.59 Å². The summed E-state index contributed by atoms with van der Waals surface area (Å²) < 4.78 is 10.7. The van der Waals surface area contributed by atoms with Gasteiger partial charge in [0.1, 0.15) is 0 Å². The van der Waals surface area contributed by atoms with Crippen molar-refractivity contribution in [1.82, 2.24) is 20.4 Å². The molecule has 3 aromatic rings. The summed E-state index contributed by atoms with van der Waals surface area (Å²) in [5.74, 6) is 1.06. The van der Waals surface area contributed by atoms with Crippen molar-refractivity contribution in [3.8, 4) is 11.5 Å². The van der Waals surface area contributed by atoms with E-state index < -0.39 is 0 Å². The number of ether oxygens (including phenoxy) is 2. The summed E-state index contributed by atoms with van der Waals surface area (Å²) in [5, 5.41) is 10.1. The van der Waals surface area contributed by atoms with E-state index in [1.54, 1.807) is 4.90 Å². The Morgan fingerprint density at radius 3 is 2.77 bits per heavy atom. The predicted molar refractivity (Wildman–Crippen MR) is 112 cm³/mol. The second-order valence-electron chi connectivity index (χ2n) is 7.74. The summed E-state index contributed by atoms with van der Waals surface area (Å²) >= 11 is 0. The number of aromatic amines is 1. The van der Waals surface area contributed by atoms with E-state index in [-0.39, 0.29) is 18.6 Å². The standard InChI is InChI=1S/C23H22N4O4/c1-14-2-5-16(6-3-14)23(29)27-9-8-18-17(12-27)21(26-25-18)22(28)24-11-15-4-7-19-20(10-15)31-13-30-19/h2-7,10H,8-9,11-13H2,1H3,(H,24,28)(H,25,26). The molecule has 0 spiro atoms. The van der Waals surface area contributed by atoms with Gasteiger partial charge in [0, 0.05) is 36.3 Å². The Morgan fingerprint density at radius 1 is 1.13 bits per heavy atom. The minimum atomic E-state index is -0.278. The molecule has 2 aromatic carbocycles. The fourth-order valence-corrected chi connectivity index (χ4v) is 3.85. The highest BCUT2D eigenvalue weighted by Crippen LogP contribution is 2.32. The van der Waals surface area contributed by atoms with Gasteiger partial charge in [-0.15, -0.1) is 0 Å². The van der Waals surface area contributed by atoms with Crippen LogP contribution in [0, 0.1) is 6.92 Å². The third kappa shape index (κ3) is 3.72. The van der Waals surface area contributed by atoms with Gasteiger partial charge in [0.2, 0.25) is 6.79 Å². The molecule has 0 saturated heterocycles. The second-order valence-corrected chi connectivity index (χ2v) is 7.74. The molecule has 2 amide bonds. The number of hydrogen-bond acceptors (Lipinski definition) is 5. The Bertz CT molecular complexity index is 1150. The molecule has 3 heterocycles. The number of aryl methyl sites for hydroxylation is 1. The van der Waals surface area contributed by atoms with E-state index >= 15 is 0 Å². The van der Waals surface area contributed by atoms with Crippen molar-refractivity contribution < 1.29 is 19.1 Å². The average Bonchev–Trinajstić information content (AvgIpc) is 3.43. The Morgan fingerprint density at radius 2 is 1.94 bits per heavy atom. The molecule has 5 rings (SSSR count). The highest BCUT2D eigenvalue weighted by Gasteiger charge is 2.28. The minimum Gasteiger partial charge on any atom is -0.454 e. The average molecular weight is 418 g/mol. The summed E-state index contributed by atoms with van der Waals surface area (Å²) in [6.45, 7) is 3.47. The Hall–Kier alpha value is -3.81. The van der Waals surface area contributed by atoms with Crippen molar-refractivity contribution in [2.45, 2.75) is 26.4 Å². The van der Waals surface area contributed by atoms with E-state index in [1.165, 1.54) is 0 Å². The van der Waals surface area contributed by atoms with E-state index in [4.69, 9.17) is 9.47 Å². The molecule has 2 aliphatic rings. The van der Waals surface area contributed by atoms with Gasteiger partial charge in [-0.3, -0.25) is 14.7 Å². The van der Waals surface area contributed by atoms with Crippen molar-refractivity contribution in [2.24, 2.45) is 0 Å². The number of nitrogens with zero attached hydrogens (tertiary/aromatic N) is 2. The summed E-state index contributed by atoms with van der Waals surface area (Å²) in [5.41, 5.74) is 4.66. The fraction of sp³-hybridized carbons (Fsp3) is 0.261. The molecule has 0 atom stereocenters. The molecule has 8 nitrogen and oxygen atoms in total. The normalized spacial score (nSPS) is 14.3. The Balaban J connectivity index is 1.28. The van der Waals surface area contributed by atoms with Crippen LogP contribution in [0.5, 0.6) is 11.5 Å². The summed E-state index contributed by atoms with van der Waals surface area (Å²) in [7, 11) is 0. The first kappa shape index (κ1) is 19.2. The molecule has 0 aliphatic carbocycles. The number of carbonyl (C=O) groups excluding carboxylic acids is 2. The lowest BCUT2D eigenvalue weighted by Crippen LogP contribution is -2.36. The molecule has 158 valence electrons. The summed E-state index contributed by atoms with van der Waals surface area (Å²) in [6.07, 6.45) is 0.634. The molecule has 31 heavy (non-hydrogen) atoms. The van der Waals surface area contributed by atoms with Crippen LogP contribution in [0.4, 0.5) is 0 Å². The third-order valence-corrected chi connectivity index (χ3v) is 5.62. The maximum Gasteiger partial charge on any atom is 0.272 e. The van der Waals surface area contributed by atoms with Crippen molar-refractivity contribution >= 4 is 11.8 Å². The quantitative estimate of drug-likeness (QED) is 0.679. The SMILES string of the molecule is Cc1ccc(C(=O)N2CCc3[nH]nc(C(=O)NCc4ccc5c(c4)OCO5)c3C2)cc1. The number of nitrogens with one attached hydrogen (secondary N) is 2. The van der Waals surface area contributed by atoms with Crippen molar-refractivity contribution in [1.29, 1.82) is 0 Å². The highest BCUT2D eigenvalue weighted by atomic mass is 16.7. The first-order valence-corrected chi connectivity index (χ1v) is 10.2. The van der Waals surface area contributed by atoms with Gasteiger partial charge in [-0.2, -0.15) is 5.10 Å². The molecular weight excluding hydrogens is 396 g/mol. The summed E-state index contributed by atoms with van der Waals surface area (Å²) in [4.78, 5) is 27.5. The monoisotopic (exact) mass is 418 g/mol. The van der Waals surface area contributed by atoms with Gasteiger partial charge < -0.3 is 19.7 Å². The lowest BCUT2D eigenvalue weighted by Gasteiger charge is -2.27. The van der Waals surface area contributed by atoms with Crippen LogP contribution in [0.2, 0.25) is 0 Å². The smallest absolute Gasteiger partial charge is 0.272 e. The maximum absolute atomic E-state index is 12.9. The second kappa shape index (κ2) is 7.79. The van der Waals surface area contributed by atoms with Gasteiger partial charge in [0.05, 0.1) is 6.54 Å². The third-order valence-electron chi connectivity index (χ3n) is 5.62. The molecule has 2 N–H and O–H groups in total. The molecule has 0 bridgehead atoms. The molecular formula is C23H22N4O4. The zero-order chi connectivity index (χ0) is 21.4. The van der Waals surface area contributed by atoms with Crippen LogP contribution in [0.1, 0.15) is 43.2 Å². The van der Waals surface area contributed by atoms with Crippen LogP contribution < -0.4 is 14.8 Å². The first-order valence-electron chi connectivity index (χ1n) is 10.2. The Kier molecular flexibility index (Phi) is 4.82. The van der Waals surface area contributed by atoms with Crippen LogP contribution >= 0.6 is 0 Å². The van der Waals surface area contributed by atoms with Crippen LogP contribution in [-0.4, -0.2) is 40.2 Å². The lowest BCUT2D eigenvalue weighted by molar-refractivity contribution is 0.0731. The number of aromatic nitrogens is 2. The van der Waals surface area contributed by atoms with E-state index in [1.807, 2.05) is 49.4 Å². The van der Waals surface area contributed by atoms with Gasteiger partial charge in [0.25, 0.3) is 11.8 Å². The molecule has 0 fully saturated rings. The zero-order valence-electron chi connectivity index (χ0n) is 17.1. The van der Waals surface area contributed by atoms with Gasteiger partial charge in [-0.05, 0) is 36.8 Å². The van der Waals surface area contributed by atoms with E-state index in [0.717, 1.165) is 22.4 Å². The first-order chi connectivity index (χ1) is 15.1. The molecule has 8 heteroatoms. The van der Waals surface area contributed by atoms with Crippen molar-refractivity contribution in [2.75, 3.05) is 13.3 Å². The van der Waals surface area contributed by atoms with Gasteiger partial charge >= 0.3 is 0 Å². The number of benzene rings is 2. The van der Waals surface area contributed by atoms with Gasteiger partial charge in [-0.1, -0.05) is 23.8 Å². The minimum absolute atomic E-state index is 0.0430. The summed E-state index contributed by atoms with van der Waals surface area (Å²) in [6, 6.07) is 13.1. The number of H-pyrrole nitrogens is 1. The highest BCUT2D eigenvalue weighted by molar-refractivity contribution is 5.96. The molecule has 2 aliphatic heterocycles. The number of rotatable bonds is 4.